The van der Waals surface area contributed by atoms with Crippen molar-refractivity contribution in [2.24, 2.45) is 0 Å². The smallest absolute Gasteiger partial charge is 0.208 e. The van der Waals surface area contributed by atoms with Gasteiger partial charge in [-0.1, -0.05) is 12.1 Å². The molecule has 1 aliphatic heterocycles. The molecule has 1 saturated heterocycles. The maximum absolute atomic E-state index is 12.9. The number of rotatable bonds is 5. The van der Waals surface area contributed by atoms with E-state index in [4.69, 9.17) is 4.42 Å². The Balaban J connectivity index is 1.47. The van der Waals surface area contributed by atoms with E-state index in [-0.39, 0.29) is 5.82 Å². The molecule has 3 rings (SSSR count). The summed E-state index contributed by atoms with van der Waals surface area (Å²) in [5.74, 6) is 1.37. The van der Waals surface area contributed by atoms with Crippen LogP contribution in [0.3, 0.4) is 0 Å². The summed E-state index contributed by atoms with van der Waals surface area (Å²) < 4.78 is 18.6. The van der Waals surface area contributed by atoms with Gasteiger partial charge in [-0.15, -0.1) is 0 Å². The fraction of sp³-hybridized carbons (Fsp3) is 0.500. The Hall–Kier alpha value is -1.76. The number of halogens is 1. The molecular formula is C18H24FN3O2. The third-order valence-corrected chi connectivity index (χ3v) is 4.58. The molecule has 0 unspecified atom stereocenters. The van der Waals surface area contributed by atoms with Crippen LogP contribution >= 0.6 is 0 Å². The number of nitrogens with zero attached hydrogens (tertiary/aromatic N) is 3. The van der Waals surface area contributed by atoms with Gasteiger partial charge in [-0.05, 0) is 31.5 Å². The maximum Gasteiger partial charge on any atom is 0.208 e. The fourth-order valence-electron chi connectivity index (χ4n) is 2.96. The number of hydrogen-bond donors (Lipinski definition) is 1. The van der Waals surface area contributed by atoms with Crippen LogP contribution in [0, 0.1) is 19.7 Å². The second-order valence-corrected chi connectivity index (χ2v) is 6.39. The van der Waals surface area contributed by atoms with Gasteiger partial charge in [0, 0.05) is 32.7 Å². The van der Waals surface area contributed by atoms with Crippen molar-refractivity contribution in [2.75, 3.05) is 32.7 Å². The molecule has 1 atom stereocenters. The third-order valence-electron chi connectivity index (χ3n) is 4.58. The summed E-state index contributed by atoms with van der Waals surface area (Å²) in [6.45, 7) is 8.78. The quantitative estimate of drug-likeness (QED) is 0.910. The number of β-amino-alcohol motifs (C(OH)–C–C–N with tert-alkyl or cyclic N) is 1. The van der Waals surface area contributed by atoms with Crippen molar-refractivity contribution < 1.29 is 13.9 Å². The Labute approximate surface area is 141 Å². The Kier molecular flexibility index (Phi) is 5.28. The molecule has 0 bridgehead atoms. The van der Waals surface area contributed by atoms with E-state index < -0.39 is 6.10 Å². The summed E-state index contributed by atoms with van der Waals surface area (Å²) in [6.07, 6.45) is -0.589. The molecule has 24 heavy (non-hydrogen) atoms. The first-order valence-corrected chi connectivity index (χ1v) is 8.32. The fourth-order valence-corrected chi connectivity index (χ4v) is 2.96. The lowest BCUT2D eigenvalue weighted by atomic mass is 10.1. The first-order chi connectivity index (χ1) is 11.5. The molecule has 0 saturated carbocycles. The van der Waals surface area contributed by atoms with Gasteiger partial charge in [0.05, 0.1) is 18.3 Å². The summed E-state index contributed by atoms with van der Waals surface area (Å²) in [5.41, 5.74) is 1.70. The highest BCUT2D eigenvalue weighted by atomic mass is 19.1. The molecule has 1 N–H and O–H groups in total. The van der Waals surface area contributed by atoms with E-state index in [9.17, 15) is 9.50 Å². The van der Waals surface area contributed by atoms with Gasteiger partial charge in [-0.3, -0.25) is 9.80 Å². The van der Waals surface area contributed by atoms with Gasteiger partial charge in [0.1, 0.15) is 11.6 Å². The van der Waals surface area contributed by atoms with Gasteiger partial charge < -0.3 is 9.52 Å². The first kappa shape index (κ1) is 17.1. The number of benzene rings is 1. The second kappa shape index (κ2) is 7.42. The number of aliphatic hydroxyl groups excluding tert-OH is 1. The third kappa shape index (κ3) is 4.20. The van der Waals surface area contributed by atoms with Gasteiger partial charge in [-0.25, -0.2) is 9.37 Å². The number of aromatic nitrogens is 1. The molecule has 1 aromatic carbocycles. The van der Waals surface area contributed by atoms with Crippen LogP contribution in [0.5, 0.6) is 0 Å². The van der Waals surface area contributed by atoms with Crippen molar-refractivity contribution in [2.45, 2.75) is 26.5 Å². The molecule has 1 aromatic heterocycles. The average molecular weight is 333 g/mol. The predicted octanol–water partition coefficient (Wildman–Crippen LogP) is 2.28. The summed E-state index contributed by atoms with van der Waals surface area (Å²) in [6, 6.07) is 6.06. The molecule has 1 aliphatic rings. The molecule has 5 nitrogen and oxygen atoms in total. The minimum atomic E-state index is -0.589. The van der Waals surface area contributed by atoms with E-state index in [0.717, 1.165) is 55.6 Å². The van der Waals surface area contributed by atoms with E-state index in [1.807, 2.05) is 13.8 Å². The molecule has 6 heteroatoms. The average Bonchev–Trinajstić information content (AvgIpc) is 2.87. The van der Waals surface area contributed by atoms with Crippen molar-refractivity contribution in [3.8, 4) is 0 Å². The predicted molar refractivity (Wildman–Crippen MR) is 89.1 cm³/mol. The normalized spacial score (nSPS) is 18.0. The molecule has 0 amide bonds. The van der Waals surface area contributed by atoms with Gasteiger partial charge in [0.25, 0.3) is 0 Å². The highest BCUT2D eigenvalue weighted by molar-refractivity contribution is 5.18. The molecular weight excluding hydrogens is 309 g/mol. The maximum atomic E-state index is 12.9. The topological polar surface area (TPSA) is 52.7 Å². The molecule has 0 spiro atoms. The lowest BCUT2D eigenvalue weighted by Crippen LogP contribution is -2.47. The SMILES string of the molecule is Cc1nc(CN2CCN(C[C@@H](O)c3ccc(F)cc3)CC2)oc1C. The van der Waals surface area contributed by atoms with Crippen LogP contribution in [0.4, 0.5) is 4.39 Å². The summed E-state index contributed by atoms with van der Waals surface area (Å²) in [4.78, 5) is 8.97. The van der Waals surface area contributed by atoms with Crippen LogP contribution in [-0.2, 0) is 6.54 Å². The summed E-state index contributed by atoms with van der Waals surface area (Å²) in [7, 11) is 0. The Bertz CT molecular complexity index is 644. The Morgan fingerprint density at radius 3 is 2.33 bits per heavy atom. The van der Waals surface area contributed by atoms with Crippen LogP contribution in [0.1, 0.15) is 29.0 Å². The van der Waals surface area contributed by atoms with Crippen molar-refractivity contribution in [1.82, 2.24) is 14.8 Å². The zero-order valence-electron chi connectivity index (χ0n) is 14.2. The van der Waals surface area contributed by atoms with Gasteiger partial charge in [-0.2, -0.15) is 0 Å². The molecule has 0 radical (unpaired) electrons. The van der Waals surface area contributed by atoms with Crippen molar-refractivity contribution >= 4 is 0 Å². The van der Waals surface area contributed by atoms with Gasteiger partial charge in [0.15, 0.2) is 0 Å². The van der Waals surface area contributed by atoms with Crippen LogP contribution in [0.2, 0.25) is 0 Å². The monoisotopic (exact) mass is 333 g/mol. The van der Waals surface area contributed by atoms with E-state index in [1.54, 1.807) is 12.1 Å². The van der Waals surface area contributed by atoms with Gasteiger partial charge >= 0.3 is 0 Å². The summed E-state index contributed by atoms with van der Waals surface area (Å²) in [5, 5.41) is 10.3. The number of aliphatic hydroxyl groups is 1. The van der Waals surface area contributed by atoms with Crippen LogP contribution < -0.4 is 0 Å². The molecule has 2 aromatic rings. The van der Waals surface area contributed by atoms with E-state index in [2.05, 4.69) is 14.8 Å². The van der Waals surface area contributed by atoms with E-state index in [1.165, 1.54) is 12.1 Å². The Morgan fingerprint density at radius 1 is 1.12 bits per heavy atom. The lowest BCUT2D eigenvalue weighted by Gasteiger charge is -2.35. The zero-order valence-corrected chi connectivity index (χ0v) is 14.2. The van der Waals surface area contributed by atoms with Crippen LogP contribution in [0.15, 0.2) is 28.7 Å². The standard InChI is InChI=1S/C18H24FN3O2/c1-13-14(2)24-18(20-13)12-22-9-7-21(8-10-22)11-17(23)15-3-5-16(19)6-4-15/h3-6,17,23H,7-12H2,1-2H3/t17-/m1/s1. The van der Waals surface area contributed by atoms with Crippen molar-refractivity contribution in [1.29, 1.82) is 0 Å². The Morgan fingerprint density at radius 2 is 1.75 bits per heavy atom. The molecule has 1 fully saturated rings. The largest absolute Gasteiger partial charge is 0.444 e. The van der Waals surface area contributed by atoms with Crippen molar-refractivity contribution in [3.05, 3.63) is 53.0 Å². The number of hydrogen-bond acceptors (Lipinski definition) is 5. The number of aryl methyl sites for hydroxylation is 2. The zero-order chi connectivity index (χ0) is 17.1. The summed E-state index contributed by atoms with van der Waals surface area (Å²) >= 11 is 0. The molecule has 0 aliphatic carbocycles. The lowest BCUT2D eigenvalue weighted by molar-refractivity contribution is 0.0670. The minimum Gasteiger partial charge on any atom is -0.444 e. The van der Waals surface area contributed by atoms with Gasteiger partial charge in [0.2, 0.25) is 5.89 Å². The van der Waals surface area contributed by atoms with Crippen molar-refractivity contribution in [3.63, 3.8) is 0 Å². The second-order valence-electron chi connectivity index (χ2n) is 6.39. The molecule has 2 heterocycles. The highest BCUT2D eigenvalue weighted by Gasteiger charge is 2.21. The van der Waals surface area contributed by atoms with E-state index >= 15 is 0 Å². The minimum absolute atomic E-state index is 0.281. The molecule has 130 valence electrons. The van der Waals surface area contributed by atoms with E-state index in [0.29, 0.717) is 6.54 Å². The van der Waals surface area contributed by atoms with Crippen LogP contribution in [-0.4, -0.2) is 52.6 Å². The number of oxazole rings is 1. The number of piperazine rings is 1. The van der Waals surface area contributed by atoms with Crippen LogP contribution in [0.25, 0.3) is 0 Å². The highest BCUT2D eigenvalue weighted by Crippen LogP contribution is 2.17. The first-order valence-electron chi connectivity index (χ1n) is 8.32.